The van der Waals surface area contributed by atoms with E-state index in [4.69, 9.17) is 15.0 Å². The van der Waals surface area contributed by atoms with Crippen LogP contribution in [-0.4, -0.2) is 21.7 Å². The zero-order chi connectivity index (χ0) is 75.9. The van der Waals surface area contributed by atoms with Crippen LogP contribution in [0.15, 0.2) is 425 Å². The summed E-state index contributed by atoms with van der Waals surface area (Å²) >= 11 is 0. The number of anilines is 6. The lowest BCUT2D eigenvalue weighted by Gasteiger charge is -2.45. The number of hydrogen-bond donors (Lipinski definition) is 0. The van der Waals surface area contributed by atoms with Crippen LogP contribution in [0.5, 0.6) is 0 Å². The molecular formula is C109H70BN5. The Morgan fingerprint density at radius 3 is 0.617 bits per heavy atom. The number of aromatic nitrogens is 3. The smallest absolute Gasteiger partial charge is 0.252 e. The SMILES string of the molecule is c1ccc(-c2cc(-c3ccccc3)cc(-c3nc(-c4cc(-c5ccccc5)cc(-c5ccccc5)c4)nc(-c4cc5c6c(c4)N(c4cc(-c7ccccc7)cc(-c7ccccc7)c4)c4cc7cc8ccccc8cc7cc4B6c4cc6cc7ccccc7cc6cc4N5c4cc(-c5ccccc5)cc(-c5ccccc5)c4)n3)c2)cc1. The summed E-state index contributed by atoms with van der Waals surface area (Å²) in [6.07, 6.45) is 0. The number of rotatable bonds is 13. The summed E-state index contributed by atoms with van der Waals surface area (Å²) in [5, 5.41) is 9.38. The molecule has 2 aliphatic heterocycles. The molecule has 0 bridgehead atoms. The molecule has 0 fully saturated rings. The minimum Gasteiger partial charge on any atom is -0.311 e. The van der Waals surface area contributed by atoms with Crippen molar-refractivity contribution in [3.8, 4) is 123 Å². The third kappa shape index (κ3) is 12.3. The molecular weight excluding hydrogens is 1390 g/mol. The van der Waals surface area contributed by atoms with Crippen molar-refractivity contribution in [1.82, 2.24) is 15.0 Å². The highest BCUT2D eigenvalue weighted by Crippen LogP contribution is 2.51. The molecule has 534 valence electrons. The number of fused-ring (bicyclic) bond motifs is 8. The van der Waals surface area contributed by atoms with Gasteiger partial charge in [0, 0.05) is 50.8 Å². The van der Waals surface area contributed by atoms with Gasteiger partial charge >= 0.3 is 0 Å². The maximum Gasteiger partial charge on any atom is 0.252 e. The van der Waals surface area contributed by atoms with E-state index in [0.717, 1.165) is 156 Å². The lowest BCUT2D eigenvalue weighted by molar-refractivity contribution is 1.07. The Kier molecular flexibility index (Phi) is 16.3. The van der Waals surface area contributed by atoms with Crippen LogP contribution in [-0.2, 0) is 0 Å². The third-order valence-corrected chi connectivity index (χ3v) is 23.2. The molecule has 19 aromatic carbocycles. The first-order chi connectivity index (χ1) is 56.9. The minimum atomic E-state index is -0.307. The second-order valence-electron chi connectivity index (χ2n) is 30.3. The predicted octanol–water partition coefficient (Wildman–Crippen LogP) is 26.9. The van der Waals surface area contributed by atoms with Crippen LogP contribution >= 0.6 is 0 Å². The van der Waals surface area contributed by atoms with Gasteiger partial charge in [0.2, 0.25) is 0 Å². The molecule has 0 radical (unpaired) electrons. The molecule has 20 aromatic rings. The molecule has 3 heterocycles. The molecule has 115 heavy (non-hydrogen) atoms. The van der Waals surface area contributed by atoms with Gasteiger partial charge in [0.05, 0.1) is 0 Å². The van der Waals surface area contributed by atoms with Gasteiger partial charge in [0.1, 0.15) is 0 Å². The highest BCUT2D eigenvalue weighted by atomic mass is 15.2. The first-order valence-electron chi connectivity index (χ1n) is 39.4. The second kappa shape index (κ2) is 28.0. The van der Waals surface area contributed by atoms with Crippen molar-refractivity contribution in [1.29, 1.82) is 0 Å². The van der Waals surface area contributed by atoms with E-state index in [9.17, 15) is 0 Å². The highest BCUT2D eigenvalue weighted by molar-refractivity contribution is 7.00. The lowest BCUT2D eigenvalue weighted by Crippen LogP contribution is -2.61. The van der Waals surface area contributed by atoms with Gasteiger partial charge in [-0.05, 0) is 270 Å². The molecule has 0 aliphatic carbocycles. The normalized spacial score (nSPS) is 12.1. The maximum absolute atomic E-state index is 5.97. The molecule has 0 spiro atoms. The van der Waals surface area contributed by atoms with Gasteiger partial charge in [-0.1, -0.05) is 303 Å². The molecule has 0 saturated heterocycles. The molecule has 0 unspecified atom stereocenters. The summed E-state index contributed by atoms with van der Waals surface area (Å²) in [7, 11) is 0. The Balaban J connectivity index is 0.898. The Labute approximate surface area is 668 Å². The van der Waals surface area contributed by atoms with Gasteiger partial charge in [-0.25, -0.2) is 15.0 Å². The number of nitrogens with zero attached hydrogens (tertiary/aromatic N) is 5. The van der Waals surface area contributed by atoms with Gasteiger partial charge in [0.15, 0.2) is 17.5 Å². The highest BCUT2D eigenvalue weighted by Gasteiger charge is 2.45. The van der Waals surface area contributed by atoms with E-state index in [-0.39, 0.29) is 6.71 Å². The zero-order valence-corrected chi connectivity index (χ0v) is 62.7. The van der Waals surface area contributed by atoms with E-state index in [1.807, 2.05) is 0 Å². The van der Waals surface area contributed by atoms with Crippen molar-refractivity contribution in [3.05, 3.63) is 425 Å². The van der Waals surface area contributed by atoms with Gasteiger partial charge in [-0.2, -0.15) is 0 Å². The van der Waals surface area contributed by atoms with Crippen molar-refractivity contribution in [2.24, 2.45) is 0 Å². The molecule has 0 atom stereocenters. The van der Waals surface area contributed by atoms with E-state index >= 15 is 0 Å². The Hall–Kier alpha value is -15.1. The summed E-state index contributed by atoms with van der Waals surface area (Å²) in [5.41, 5.74) is 29.7. The summed E-state index contributed by atoms with van der Waals surface area (Å²) in [5.74, 6) is 1.60. The fourth-order valence-corrected chi connectivity index (χ4v) is 17.7. The van der Waals surface area contributed by atoms with Gasteiger partial charge in [-0.15, -0.1) is 0 Å². The fourth-order valence-electron chi connectivity index (χ4n) is 17.7. The second-order valence-corrected chi connectivity index (χ2v) is 30.3. The van der Waals surface area contributed by atoms with Crippen LogP contribution in [0.3, 0.4) is 0 Å². The van der Waals surface area contributed by atoms with Crippen LogP contribution in [0.25, 0.3) is 166 Å². The Morgan fingerprint density at radius 1 is 0.157 bits per heavy atom. The first-order valence-corrected chi connectivity index (χ1v) is 39.4. The van der Waals surface area contributed by atoms with Crippen molar-refractivity contribution in [2.45, 2.75) is 0 Å². The standard InChI is InChI=1S/C109H70BN5/c1-9-29-71(30-10-1)83-53-84(72-31-11-2-12-32-72)58-95(57-83)107-111-108(96-59-85(73-33-13-3-14-34-73)54-86(60-96)74-35-15-4-16-36-74)113-109(112-107)97-69-104-106-105(70-97)115(99-63-89(77-41-21-7-22-42-77)56-90(64-99)78-43-23-8-24-44-78)103-68-94-52-82-48-28-26-46-80(82)50-92(94)66-101(103)110(106)100-65-91-49-79-45-25-27-47-81(79)51-93(91)67-102(100)114(104)98-61-87(75-37-17-5-18-38-75)55-88(62-98)76-39-19-6-20-40-76/h1-70H. The van der Waals surface area contributed by atoms with Crippen molar-refractivity contribution >= 4 is 100 Å². The van der Waals surface area contributed by atoms with E-state index in [0.29, 0.717) is 17.5 Å². The topological polar surface area (TPSA) is 45.2 Å². The van der Waals surface area contributed by atoms with Gasteiger partial charge in [0.25, 0.3) is 6.71 Å². The van der Waals surface area contributed by atoms with Crippen LogP contribution < -0.4 is 26.2 Å². The first kappa shape index (κ1) is 66.8. The summed E-state index contributed by atoms with van der Waals surface area (Å²) < 4.78 is 0. The number of hydrogen-bond acceptors (Lipinski definition) is 5. The maximum atomic E-state index is 5.97. The summed E-state index contributed by atoms with van der Waals surface area (Å²) in [6.45, 7) is -0.307. The molecule has 0 N–H and O–H groups in total. The molecule has 6 heteroatoms. The average Bonchev–Trinajstić information content (AvgIpc) is 0.687. The van der Waals surface area contributed by atoms with Crippen molar-refractivity contribution < 1.29 is 0 Å². The van der Waals surface area contributed by atoms with E-state index < -0.39 is 0 Å². The van der Waals surface area contributed by atoms with Gasteiger partial charge in [-0.3, -0.25) is 0 Å². The quantitative estimate of drug-likeness (QED) is 0.0850. The minimum absolute atomic E-state index is 0.307. The van der Waals surface area contributed by atoms with Crippen molar-refractivity contribution in [2.75, 3.05) is 9.80 Å². The van der Waals surface area contributed by atoms with Crippen LogP contribution in [0.4, 0.5) is 34.1 Å². The summed E-state index contributed by atoms with van der Waals surface area (Å²) in [6, 6.07) is 156. The van der Waals surface area contributed by atoms with E-state index in [1.54, 1.807) is 0 Å². The van der Waals surface area contributed by atoms with E-state index in [2.05, 4.69) is 434 Å². The number of benzene rings is 19. The third-order valence-electron chi connectivity index (χ3n) is 23.2. The molecule has 22 rings (SSSR count). The monoisotopic (exact) mass is 1460 g/mol. The molecule has 1 aromatic heterocycles. The largest absolute Gasteiger partial charge is 0.311 e. The average molecular weight is 1460 g/mol. The van der Waals surface area contributed by atoms with Gasteiger partial charge < -0.3 is 9.80 Å². The lowest BCUT2D eigenvalue weighted by atomic mass is 9.33. The summed E-state index contributed by atoms with van der Waals surface area (Å²) in [4.78, 5) is 22.9. The van der Waals surface area contributed by atoms with Crippen molar-refractivity contribution in [3.63, 3.8) is 0 Å². The van der Waals surface area contributed by atoms with Crippen LogP contribution in [0.1, 0.15) is 0 Å². The Bertz CT molecular complexity index is 6530. The predicted molar refractivity (Wildman–Crippen MR) is 484 cm³/mol. The molecule has 0 amide bonds. The zero-order valence-electron chi connectivity index (χ0n) is 62.7. The molecule has 0 saturated carbocycles. The Morgan fingerprint density at radius 2 is 0.365 bits per heavy atom. The van der Waals surface area contributed by atoms with Crippen LogP contribution in [0.2, 0.25) is 0 Å². The molecule has 5 nitrogen and oxygen atoms in total. The molecule has 2 aliphatic rings. The van der Waals surface area contributed by atoms with Crippen LogP contribution in [0, 0.1) is 0 Å². The fraction of sp³-hybridized carbons (Fsp3) is 0. The van der Waals surface area contributed by atoms with E-state index in [1.165, 1.54) is 43.2 Å².